The summed E-state index contributed by atoms with van der Waals surface area (Å²) >= 11 is 0. The zero-order valence-electron chi connectivity index (χ0n) is 12.2. The van der Waals surface area contributed by atoms with Crippen molar-refractivity contribution in [2.75, 3.05) is 0 Å². The minimum absolute atomic E-state index is 0.915. The van der Waals surface area contributed by atoms with Gasteiger partial charge in [0.15, 0.2) is 0 Å². The minimum Gasteiger partial charge on any atom is -0.220 e. The van der Waals surface area contributed by atoms with Crippen LogP contribution in [0.25, 0.3) is 5.69 Å². The maximum absolute atomic E-state index is 4.25. The van der Waals surface area contributed by atoms with Crippen LogP contribution >= 0.6 is 0 Å². The third-order valence-electron chi connectivity index (χ3n) is 3.66. The number of para-hydroxylation sites is 1. The van der Waals surface area contributed by atoms with Crippen molar-refractivity contribution in [3.63, 3.8) is 0 Å². The average molecular weight is 277 g/mol. The summed E-state index contributed by atoms with van der Waals surface area (Å²) in [5.41, 5.74) is 4.80. The molecule has 21 heavy (non-hydrogen) atoms. The third-order valence-corrected chi connectivity index (χ3v) is 3.66. The summed E-state index contributed by atoms with van der Waals surface area (Å²) in [4.78, 5) is 0. The monoisotopic (exact) mass is 277 g/mol. The Hall–Kier alpha value is -2.42. The molecule has 0 spiro atoms. The fourth-order valence-corrected chi connectivity index (χ4v) is 2.33. The number of hydrogen-bond acceptors (Lipinski definition) is 2. The molecule has 0 saturated heterocycles. The normalized spacial score (nSPS) is 10.7. The van der Waals surface area contributed by atoms with E-state index in [9.17, 15) is 0 Å². The van der Waals surface area contributed by atoms with Crippen LogP contribution in [0.15, 0.2) is 60.8 Å². The Balaban J connectivity index is 1.64. The van der Waals surface area contributed by atoms with Crippen molar-refractivity contribution in [1.29, 1.82) is 0 Å². The van der Waals surface area contributed by atoms with Gasteiger partial charge in [-0.1, -0.05) is 54.6 Å². The van der Waals surface area contributed by atoms with E-state index in [-0.39, 0.29) is 0 Å². The molecule has 3 heteroatoms. The van der Waals surface area contributed by atoms with Crippen molar-refractivity contribution in [1.82, 2.24) is 15.0 Å². The first-order chi connectivity index (χ1) is 10.3. The first kappa shape index (κ1) is 13.6. The molecule has 0 radical (unpaired) electrons. The molecule has 0 N–H and O–H groups in total. The van der Waals surface area contributed by atoms with E-state index in [2.05, 4.69) is 41.5 Å². The largest absolute Gasteiger partial charge is 0.220 e. The van der Waals surface area contributed by atoms with Gasteiger partial charge < -0.3 is 0 Å². The topological polar surface area (TPSA) is 30.7 Å². The number of hydrogen-bond donors (Lipinski definition) is 0. The fourth-order valence-electron chi connectivity index (χ4n) is 2.33. The van der Waals surface area contributed by atoms with Crippen LogP contribution in [-0.4, -0.2) is 15.0 Å². The van der Waals surface area contributed by atoms with E-state index in [1.165, 1.54) is 11.1 Å². The van der Waals surface area contributed by atoms with Gasteiger partial charge in [-0.05, 0) is 42.5 Å². The number of rotatable bonds is 5. The molecule has 0 fully saturated rings. The Morgan fingerprint density at radius 2 is 1.57 bits per heavy atom. The van der Waals surface area contributed by atoms with E-state index in [0.717, 1.165) is 30.6 Å². The number of aromatic nitrogens is 3. The Bertz CT molecular complexity index is 684. The first-order valence-corrected chi connectivity index (χ1v) is 7.39. The van der Waals surface area contributed by atoms with Gasteiger partial charge in [0.25, 0.3) is 0 Å². The van der Waals surface area contributed by atoms with Crippen LogP contribution in [0.4, 0.5) is 0 Å². The second-order valence-corrected chi connectivity index (χ2v) is 5.16. The molecule has 0 aliphatic carbocycles. The molecule has 1 heterocycles. The molecule has 0 saturated carbocycles. The zero-order valence-corrected chi connectivity index (χ0v) is 12.2. The van der Waals surface area contributed by atoms with E-state index in [1.807, 2.05) is 41.2 Å². The van der Waals surface area contributed by atoms with Crippen LogP contribution in [0.1, 0.15) is 23.7 Å². The van der Waals surface area contributed by atoms with Crippen molar-refractivity contribution < 1.29 is 0 Å². The smallest absolute Gasteiger partial charge is 0.0835 e. The van der Waals surface area contributed by atoms with Crippen LogP contribution in [0.3, 0.4) is 0 Å². The molecule has 0 aliphatic heterocycles. The Morgan fingerprint density at radius 3 is 2.29 bits per heavy atom. The quantitative estimate of drug-likeness (QED) is 0.713. The Morgan fingerprint density at radius 1 is 0.857 bits per heavy atom. The first-order valence-electron chi connectivity index (χ1n) is 7.39. The van der Waals surface area contributed by atoms with Crippen LogP contribution in [-0.2, 0) is 19.3 Å². The van der Waals surface area contributed by atoms with Crippen molar-refractivity contribution in [3.8, 4) is 5.69 Å². The van der Waals surface area contributed by atoms with Gasteiger partial charge in [0, 0.05) is 0 Å². The van der Waals surface area contributed by atoms with E-state index in [4.69, 9.17) is 0 Å². The summed E-state index contributed by atoms with van der Waals surface area (Å²) in [5.74, 6) is 0. The minimum atomic E-state index is 0.915. The van der Waals surface area contributed by atoms with Crippen molar-refractivity contribution in [2.24, 2.45) is 0 Å². The van der Waals surface area contributed by atoms with Crippen molar-refractivity contribution >= 4 is 0 Å². The Kier molecular flexibility index (Phi) is 4.10. The van der Waals surface area contributed by atoms with Gasteiger partial charge in [-0.15, -0.1) is 5.10 Å². The van der Waals surface area contributed by atoms with Crippen molar-refractivity contribution in [2.45, 2.75) is 26.2 Å². The van der Waals surface area contributed by atoms with Crippen LogP contribution < -0.4 is 0 Å². The Labute approximate surface area is 125 Å². The molecular weight excluding hydrogens is 258 g/mol. The molecule has 3 aromatic rings. The van der Waals surface area contributed by atoms with E-state index in [0.29, 0.717) is 0 Å². The molecule has 0 bridgehead atoms. The van der Waals surface area contributed by atoms with Gasteiger partial charge >= 0.3 is 0 Å². The third kappa shape index (κ3) is 3.37. The lowest BCUT2D eigenvalue weighted by molar-refractivity contribution is 0.794. The van der Waals surface area contributed by atoms with E-state index in [1.54, 1.807) is 0 Å². The lowest BCUT2D eigenvalue weighted by Crippen LogP contribution is -1.93. The van der Waals surface area contributed by atoms with Gasteiger partial charge in [-0.25, -0.2) is 4.68 Å². The standard InChI is InChI=1S/C18H19N3/c1-2-15-8-10-16(11-9-15)12-13-17-14-21(20-19-17)18-6-4-3-5-7-18/h3-11,14H,2,12-13H2,1H3. The summed E-state index contributed by atoms with van der Waals surface area (Å²) in [6.07, 6.45) is 5.01. The predicted molar refractivity (Wildman–Crippen MR) is 84.6 cm³/mol. The molecule has 0 amide bonds. The van der Waals surface area contributed by atoms with E-state index >= 15 is 0 Å². The molecule has 0 unspecified atom stereocenters. The highest BCUT2D eigenvalue weighted by atomic mass is 15.4. The second kappa shape index (κ2) is 6.35. The summed E-state index contributed by atoms with van der Waals surface area (Å²) < 4.78 is 1.83. The average Bonchev–Trinajstić information content (AvgIpc) is 3.03. The maximum Gasteiger partial charge on any atom is 0.0835 e. The van der Waals surface area contributed by atoms with Gasteiger partial charge in [-0.2, -0.15) is 0 Å². The molecule has 3 nitrogen and oxygen atoms in total. The summed E-state index contributed by atoms with van der Waals surface area (Å²) in [7, 11) is 0. The highest BCUT2D eigenvalue weighted by Crippen LogP contribution is 2.10. The lowest BCUT2D eigenvalue weighted by atomic mass is 10.1. The van der Waals surface area contributed by atoms with Gasteiger partial charge in [0.05, 0.1) is 17.6 Å². The fraction of sp³-hybridized carbons (Fsp3) is 0.222. The predicted octanol–water partition coefficient (Wildman–Crippen LogP) is 3.61. The van der Waals surface area contributed by atoms with Gasteiger partial charge in [0.2, 0.25) is 0 Å². The molecule has 2 aromatic carbocycles. The molecule has 0 atom stereocenters. The molecular formula is C18H19N3. The highest BCUT2D eigenvalue weighted by Gasteiger charge is 2.03. The SMILES string of the molecule is CCc1ccc(CCc2cn(-c3ccccc3)nn2)cc1. The van der Waals surface area contributed by atoms with Crippen LogP contribution in [0, 0.1) is 0 Å². The summed E-state index contributed by atoms with van der Waals surface area (Å²) in [6, 6.07) is 18.9. The van der Waals surface area contributed by atoms with Gasteiger partial charge in [-0.3, -0.25) is 0 Å². The highest BCUT2D eigenvalue weighted by molar-refractivity contribution is 5.30. The van der Waals surface area contributed by atoms with E-state index < -0.39 is 0 Å². The van der Waals surface area contributed by atoms with Crippen molar-refractivity contribution in [3.05, 3.63) is 77.6 Å². The maximum atomic E-state index is 4.25. The second-order valence-electron chi connectivity index (χ2n) is 5.16. The summed E-state index contributed by atoms with van der Waals surface area (Å²) in [6.45, 7) is 2.18. The molecule has 106 valence electrons. The number of benzene rings is 2. The number of nitrogens with zero attached hydrogens (tertiary/aromatic N) is 3. The molecule has 1 aromatic heterocycles. The molecule has 3 rings (SSSR count). The number of aryl methyl sites for hydroxylation is 3. The van der Waals surface area contributed by atoms with Gasteiger partial charge in [0.1, 0.15) is 0 Å². The zero-order chi connectivity index (χ0) is 14.5. The van der Waals surface area contributed by atoms with Crippen LogP contribution in [0.2, 0.25) is 0 Å². The lowest BCUT2D eigenvalue weighted by Gasteiger charge is -2.01. The summed E-state index contributed by atoms with van der Waals surface area (Å²) in [5, 5.41) is 8.45. The molecule has 0 aliphatic rings. The van der Waals surface area contributed by atoms with Crippen LogP contribution in [0.5, 0.6) is 0 Å².